The summed E-state index contributed by atoms with van der Waals surface area (Å²) in [6.07, 6.45) is 2.64. The zero-order chi connectivity index (χ0) is 11.6. The second-order valence-corrected chi connectivity index (χ2v) is 6.68. The van der Waals surface area contributed by atoms with Gasteiger partial charge in [0.25, 0.3) is 0 Å². The summed E-state index contributed by atoms with van der Waals surface area (Å²) in [5.74, 6) is 0.476. The van der Waals surface area contributed by atoms with Gasteiger partial charge in [-0.15, -0.1) is 0 Å². The van der Waals surface area contributed by atoms with Crippen molar-refractivity contribution >= 4 is 10.0 Å². The van der Waals surface area contributed by atoms with Gasteiger partial charge >= 0.3 is 0 Å². The van der Waals surface area contributed by atoms with Crippen LogP contribution in [0.2, 0.25) is 0 Å². The van der Waals surface area contributed by atoms with E-state index in [1.807, 2.05) is 0 Å². The molecule has 2 rings (SSSR count). The number of ether oxygens (including phenoxy) is 1. The number of nitrogens with zero attached hydrogens (tertiary/aromatic N) is 1. The monoisotopic (exact) mass is 248 g/mol. The second-order valence-electron chi connectivity index (χ2n) is 4.66. The van der Waals surface area contributed by atoms with Crippen LogP contribution in [0.15, 0.2) is 0 Å². The minimum Gasteiger partial charge on any atom is -0.377 e. The maximum Gasteiger partial charge on any atom is 0.216 e. The maximum absolute atomic E-state index is 12.1. The van der Waals surface area contributed by atoms with Crippen LogP contribution < -0.4 is 5.73 Å². The largest absolute Gasteiger partial charge is 0.377 e. The molecule has 0 spiro atoms. The molecular weight excluding hydrogens is 228 g/mol. The quantitative estimate of drug-likeness (QED) is 0.746. The molecule has 5 nitrogen and oxygen atoms in total. The molecule has 2 unspecified atom stereocenters. The van der Waals surface area contributed by atoms with Gasteiger partial charge in [0.2, 0.25) is 10.0 Å². The van der Waals surface area contributed by atoms with Crippen molar-refractivity contribution in [3.05, 3.63) is 0 Å². The molecule has 0 aromatic heterocycles. The maximum atomic E-state index is 12.1. The van der Waals surface area contributed by atoms with Crippen LogP contribution in [0.5, 0.6) is 0 Å². The summed E-state index contributed by atoms with van der Waals surface area (Å²) in [5.41, 5.74) is 5.56. The highest BCUT2D eigenvalue weighted by molar-refractivity contribution is 7.89. The Hall–Kier alpha value is -0.170. The predicted octanol–water partition coefficient (Wildman–Crippen LogP) is -0.224. The highest BCUT2D eigenvalue weighted by Gasteiger charge is 2.33. The molecule has 2 fully saturated rings. The highest BCUT2D eigenvalue weighted by Crippen LogP contribution is 2.21. The Morgan fingerprint density at radius 1 is 1.38 bits per heavy atom. The van der Waals surface area contributed by atoms with Crippen LogP contribution in [0.3, 0.4) is 0 Å². The molecular formula is C10H20N2O3S. The van der Waals surface area contributed by atoms with Gasteiger partial charge in [-0.25, -0.2) is 12.7 Å². The summed E-state index contributed by atoms with van der Waals surface area (Å²) in [7, 11) is -3.13. The average molecular weight is 248 g/mol. The van der Waals surface area contributed by atoms with Gasteiger partial charge in [0, 0.05) is 19.7 Å². The average Bonchev–Trinajstić information content (AvgIpc) is 2.85. The molecule has 0 amide bonds. The minimum atomic E-state index is -3.13. The number of hydrogen-bond donors (Lipinski definition) is 1. The van der Waals surface area contributed by atoms with Gasteiger partial charge in [0.1, 0.15) is 0 Å². The van der Waals surface area contributed by atoms with Crippen molar-refractivity contribution in [2.45, 2.75) is 25.4 Å². The van der Waals surface area contributed by atoms with Crippen LogP contribution in [0.25, 0.3) is 0 Å². The Morgan fingerprint density at radius 3 is 2.75 bits per heavy atom. The Bertz CT molecular complexity index is 325. The third kappa shape index (κ3) is 2.74. The fourth-order valence-corrected chi connectivity index (χ4v) is 4.12. The third-order valence-electron chi connectivity index (χ3n) is 3.40. The molecule has 0 radical (unpaired) electrons. The van der Waals surface area contributed by atoms with E-state index in [1.165, 1.54) is 0 Å². The lowest BCUT2D eigenvalue weighted by molar-refractivity contribution is 0.126. The molecule has 0 bridgehead atoms. The van der Waals surface area contributed by atoms with E-state index in [-0.39, 0.29) is 11.9 Å². The summed E-state index contributed by atoms with van der Waals surface area (Å²) in [4.78, 5) is 0. The lowest BCUT2D eigenvalue weighted by Gasteiger charge is -2.18. The van der Waals surface area contributed by atoms with Crippen LogP contribution in [0.4, 0.5) is 0 Å². The fourth-order valence-electron chi connectivity index (χ4n) is 2.36. The Morgan fingerprint density at radius 2 is 2.19 bits per heavy atom. The van der Waals surface area contributed by atoms with Crippen molar-refractivity contribution in [2.75, 3.05) is 32.0 Å². The van der Waals surface area contributed by atoms with Gasteiger partial charge < -0.3 is 10.5 Å². The van der Waals surface area contributed by atoms with E-state index in [4.69, 9.17) is 10.5 Å². The molecule has 94 valence electrons. The highest BCUT2D eigenvalue weighted by atomic mass is 32.2. The molecule has 2 atom stereocenters. The smallest absolute Gasteiger partial charge is 0.216 e. The molecule has 0 aromatic carbocycles. The minimum absolute atomic E-state index is 0.0954. The third-order valence-corrected chi connectivity index (χ3v) is 5.31. The standard InChI is InChI=1S/C10H20N2O3S/c11-6-9-3-4-12(7-9)16(13,14)8-10-2-1-5-15-10/h9-10H,1-8,11H2. The van der Waals surface area contributed by atoms with Crippen molar-refractivity contribution in [1.29, 1.82) is 0 Å². The zero-order valence-electron chi connectivity index (χ0n) is 9.47. The van der Waals surface area contributed by atoms with Gasteiger partial charge in [-0.05, 0) is 31.7 Å². The predicted molar refractivity (Wildman–Crippen MR) is 61.5 cm³/mol. The van der Waals surface area contributed by atoms with Gasteiger partial charge in [0.15, 0.2) is 0 Å². The molecule has 6 heteroatoms. The number of rotatable bonds is 4. The SMILES string of the molecule is NCC1CCN(S(=O)(=O)CC2CCCO2)C1. The molecule has 0 aromatic rings. The number of sulfonamides is 1. The van der Waals surface area contributed by atoms with Gasteiger partial charge in [-0.3, -0.25) is 0 Å². The van der Waals surface area contributed by atoms with E-state index in [0.29, 0.717) is 32.2 Å². The Kier molecular flexibility index (Phi) is 3.84. The van der Waals surface area contributed by atoms with Crippen LogP contribution >= 0.6 is 0 Å². The van der Waals surface area contributed by atoms with Gasteiger partial charge in [-0.1, -0.05) is 0 Å². The normalized spacial score (nSPS) is 32.3. The molecule has 2 heterocycles. The first kappa shape index (κ1) is 12.3. The lowest BCUT2D eigenvalue weighted by atomic mass is 10.1. The van der Waals surface area contributed by atoms with Crippen molar-refractivity contribution in [3.63, 3.8) is 0 Å². The first-order valence-corrected chi connectivity index (χ1v) is 7.52. The molecule has 2 aliphatic rings. The summed E-state index contributed by atoms with van der Waals surface area (Å²) in [6, 6.07) is 0. The Labute approximate surface area is 97.0 Å². The summed E-state index contributed by atoms with van der Waals surface area (Å²) < 4.78 is 31.1. The van der Waals surface area contributed by atoms with Crippen LogP contribution in [0, 0.1) is 5.92 Å². The second kappa shape index (κ2) is 5.00. The first-order valence-electron chi connectivity index (χ1n) is 5.91. The van der Waals surface area contributed by atoms with E-state index in [0.717, 1.165) is 19.3 Å². The van der Waals surface area contributed by atoms with E-state index in [9.17, 15) is 8.42 Å². The van der Waals surface area contributed by atoms with Crippen LogP contribution in [0.1, 0.15) is 19.3 Å². The number of nitrogens with two attached hydrogens (primary N) is 1. The van der Waals surface area contributed by atoms with E-state index >= 15 is 0 Å². The molecule has 2 aliphatic heterocycles. The summed E-state index contributed by atoms with van der Waals surface area (Å²) in [6.45, 7) is 2.49. The zero-order valence-corrected chi connectivity index (χ0v) is 10.3. The van der Waals surface area contributed by atoms with E-state index in [2.05, 4.69) is 0 Å². The van der Waals surface area contributed by atoms with E-state index < -0.39 is 10.0 Å². The first-order chi connectivity index (χ1) is 7.62. The van der Waals surface area contributed by atoms with Crippen molar-refractivity contribution < 1.29 is 13.2 Å². The van der Waals surface area contributed by atoms with Crippen LogP contribution in [-0.2, 0) is 14.8 Å². The fraction of sp³-hybridized carbons (Fsp3) is 1.00. The summed E-state index contributed by atoms with van der Waals surface area (Å²) in [5, 5.41) is 0. The van der Waals surface area contributed by atoms with Gasteiger partial charge in [-0.2, -0.15) is 0 Å². The summed E-state index contributed by atoms with van der Waals surface area (Å²) >= 11 is 0. The topological polar surface area (TPSA) is 72.6 Å². The molecule has 16 heavy (non-hydrogen) atoms. The Balaban J connectivity index is 1.91. The lowest BCUT2D eigenvalue weighted by Crippen LogP contribution is -2.35. The van der Waals surface area contributed by atoms with Crippen molar-refractivity contribution in [3.8, 4) is 0 Å². The van der Waals surface area contributed by atoms with Crippen LogP contribution in [-0.4, -0.2) is 50.8 Å². The van der Waals surface area contributed by atoms with Gasteiger partial charge in [0.05, 0.1) is 11.9 Å². The van der Waals surface area contributed by atoms with Crippen molar-refractivity contribution in [2.24, 2.45) is 11.7 Å². The molecule has 2 saturated heterocycles. The number of hydrogen-bond acceptors (Lipinski definition) is 4. The molecule has 0 aliphatic carbocycles. The van der Waals surface area contributed by atoms with Crippen molar-refractivity contribution in [1.82, 2.24) is 4.31 Å². The van der Waals surface area contributed by atoms with E-state index in [1.54, 1.807) is 4.31 Å². The molecule has 0 saturated carbocycles. The molecule has 2 N–H and O–H groups in total.